The Labute approximate surface area is 265 Å². The second kappa shape index (κ2) is 14.8. The highest BCUT2D eigenvalue weighted by Gasteiger charge is 2.06. The summed E-state index contributed by atoms with van der Waals surface area (Å²) in [5.41, 5.74) is 10.8. The molecule has 0 aliphatic rings. The quantitative estimate of drug-likeness (QED) is 0.142. The third-order valence-corrected chi connectivity index (χ3v) is 7.69. The molecule has 5 aromatic carbocycles. The van der Waals surface area contributed by atoms with Gasteiger partial charge in [-0.3, -0.25) is 0 Å². The molecule has 0 fully saturated rings. The highest BCUT2D eigenvalue weighted by atomic mass is 16.4. The number of hydrogen-bond donors (Lipinski definition) is 0. The summed E-state index contributed by atoms with van der Waals surface area (Å²) in [6.45, 7) is 1.81. The minimum Gasteiger partial charge on any atom is -0.421 e. The maximum atomic E-state index is 5.57. The van der Waals surface area contributed by atoms with Gasteiger partial charge in [-0.15, -0.1) is 10.2 Å². The van der Waals surface area contributed by atoms with Crippen molar-refractivity contribution in [2.75, 3.05) is 0 Å². The van der Waals surface area contributed by atoms with Gasteiger partial charge >= 0.3 is 0 Å². The third kappa shape index (κ3) is 8.75. The lowest BCUT2D eigenvalue weighted by Crippen LogP contribution is -1.91. The van der Waals surface area contributed by atoms with Gasteiger partial charge in [-0.2, -0.15) is 0 Å². The molecule has 6 aromatic rings. The van der Waals surface area contributed by atoms with Crippen LogP contribution in [0.2, 0.25) is 0 Å². The lowest BCUT2D eigenvalue weighted by atomic mass is 10.0. The Balaban J connectivity index is 0.966. The van der Waals surface area contributed by atoms with Gasteiger partial charge in [0.05, 0.1) is 0 Å². The van der Waals surface area contributed by atoms with Crippen LogP contribution in [0.5, 0.6) is 0 Å². The van der Waals surface area contributed by atoms with Gasteiger partial charge in [-0.05, 0) is 75.9 Å². The molecular formula is C42H36N2O. The van der Waals surface area contributed by atoms with Gasteiger partial charge in [0.25, 0.3) is 0 Å². The van der Waals surface area contributed by atoms with Gasteiger partial charge in [-0.25, -0.2) is 0 Å². The third-order valence-electron chi connectivity index (χ3n) is 7.69. The Morgan fingerprint density at radius 1 is 0.467 bits per heavy atom. The first-order chi connectivity index (χ1) is 22.2. The molecule has 0 aliphatic heterocycles. The van der Waals surface area contributed by atoms with Crippen molar-refractivity contribution in [3.63, 3.8) is 0 Å². The van der Waals surface area contributed by atoms with E-state index in [4.69, 9.17) is 4.42 Å². The summed E-state index contributed by atoms with van der Waals surface area (Å²) >= 11 is 0. The Hall–Kier alpha value is -5.54. The summed E-state index contributed by atoms with van der Waals surface area (Å²) in [6.07, 6.45) is 16.1. The fraction of sp³-hybridized carbons (Fsp3) is 0.0952. The first-order valence-electron chi connectivity index (χ1n) is 15.4. The molecule has 3 heteroatoms. The van der Waals surface area contributed by atoms with Crippen LogP contribution < -0.4 is 0 Å². The van der Waals surface area contributed by atoms with Gasteiger partial charge in [-0.1, -0.05) is 152 Å². The first kappa shape index (κ1) is 29.5. The second-order valence-electron chi connectivity index (χ2n) is 11.2. The Bertz CT molecular complexity index is 1890. The largest absolute Gasteiger partial charge is 0.421 e. The van der Waals surface area contributed by atoms with E-state index >= 15 is 0 Å². The Kier molecular flexibility index (Phi) is 9.69. The molecular weight excluding hydrogens is 548 g/mol. The van der Waals surface area contributed by atoms with E-state index in [1.54, 1.807) is 0 Å². The number of aryl methyl sites for hydroxylation is 3. The maximum absolute atomic E-state index is 5.57. The van der Waals surface area contributed by atoms with Crippen LogP contribution in [0.1, 0.15) is 56.8 Å². The highest BCUT2D eigenvalue weighted by Crippen LogP contribution is 2.21. The van der Waals surface area contributed by atoms with E-state index in [-0.39, 0.29) is 0 Å². The van der Waals surface area contributed by atoms with Crippen LogP contribution in [0.4, 0.5) is 0 Å². The molecule has 0 aliphatic carbocycles. The van der Waals surface area contributed by atoms with Crippen LogP contribution in [0, 0.1) is 6.92 Å². The van der Waals surface area contributed by atoms with Crippen molar-refractivity contribution >= 4 is 36.5 Å². The normalized spacial score (nSPS) is 11.7. The van der Waals surface area contributed by atoms with Crippen LogP contribution in [0.25, 0.3) is 47.9 Å². The van der Waals surface area contributed by atoms with Gasteiger partial charge in [0.2, 0.25) is 11.8 Å². The van der Waals surface area contributed by atoms with E-state index in [0.29, 0.717) is 11.8 Å². The van der Waals surface area contributed by atoms with Crippen molar-refractivity contribution in [1.29, 1.82) is 0 Å². The number of benzene rings is 5. The van der Waals surface area contributed by atoms with E-state index in [9.17, 15) is 0 Å². The minimum absolute atomic E-state index is 0.580. The summed E-state index contributed by atoms with van der Waals surface area (Å²) in [4.78, 5) is 0. The lowest BCUT2D eigenvalue weighted by molar-refractivity contribution is 0.532. The Morgan fingerprint density at radius 2 is 0.933 bits per heavy atom. The van der Waals surface area contributed by atoms with Gasteiger partial charge in [0.1, 0.15) is 0 Å². The molecule has 0 unspecified atom stereocenters. The molecule has 220 valence electrons. The molecule has 0 saturated carbocycles. The summed E-state index contributed by atoms with van der Waals surface area (Å²) in [7, 11) is 0. The molecule has 1 aromatic heterocycles. The monoisotopic (exact) mass is 584 g/mol. The van der Waals surface area contributed by atoms with Crippen LogP contribution in [0.15, 0.2) is 132 Å². The van der Waals surface area contributed by atoms with Crippen LogP contribution >= 0.6 is 0 Å². The lowest BCUT2D eigenvalue weighted by Gasteiger charge is -2.05. The second-order valence-corrected chi connectivity index (χ2v) is 11.2. The maximum Gasteiger partial charge on any atom is 0.247 e. The molecule has 0 N–H and O–H groups in total. The molecule has 0 saturated heterocycles. The van der Waals surface area contributed by atoms with Crippen molar-refractivity contribution in [1.82, 2.24) is 10.2 Å². The topological polar surface area (TPSA) is 38.9 Å². The predicted molar refractivity (Wildman–Crippen MR) is 189 cm³/mol. The molecule has 0 amide bonds. The van der Waals surface area contributed by atoms with Crippen molar-refractivity contribution in [3.05, 3.63) is 178 Å². The van der Waals surface area contributed by atoms with E-state index in [0.717, 1.165) is 24.8 Å². The fourth-order valence-corrected chi connectivity index (χ4v) is 5.14. The summed E-state index contributed by atoms with van der Waals surface area (Å²) in [6, 6.07) is 44.9. The number of hydrogen-bond acceptors (Lipinski definition) is 3. The van der Waals surface area contributed by atoms with Crippen molar-refractivity contribution in [3.8, 4) is 11.5 Å². The van der Waals surface area contributed by atoms with E-state index in [1.807, 2.05) is 19.1 Å². The zero-order chi connectivity index (χ0) is 30.7. The number of nitrogens with zero attached hydrogens (tertiary/aromatic N) is 2. The zero-order valence-electron chi connectivity index (χ0n) is 25.5. The number of aromatic nitrogens is 2. The Morgan fingerprint density at radius 3 is 1.42 bits per heavy atom. The molecule has 0 spiro atoms. The summed E-state index contributed by atoms with van der Waals surface area (Å²) < 4.78 is 5.57. The van der Waals surface area contributed by atoms with Crippen LogP contribution in [-0.4, -0.2) is 10.2 Å². The van der Waals surface area contributed by atoms with Crippen LogP contribution in [-0.2, 0) is 12.8 Å². The van der Waals surface area contributed by atoms with E-state index in [2.05, 4.69) is 162 Å². The van der Waals surface area contributed by atoms with Gasteiger partial charge in [0, 0.05) is 12.5 Å². The molecule has 45 heavy (non-hydrogen) atoms. The number of rotatable bonds is 11. The SMILES string of the molecule is Cc1nnc(-c2cccc(CCCc3ccc(C=Cc4ccc(C=Cc5ccc(C=Cc6ccccc6)cc5)cc4)cc3)c2)o1. The van der Waals surface area contributed by atoms with Crippen molar-refractivity contribution in [2.24, 2.45) is 0 Å². The molecule has 6 rings (SSSR count). The first-order valence-corrected chi connectivity index (χ1v) is 15.4. The summed E-state index contributed by atoms with van der Waals surface area (Å²) in [5, 5.41) is 8.07. The summed E-state index contributed by atoms with van der Waals surface area (Å²) in [5.74, 6) is 1.16. The average Bonchev–Trinajstić information content (AvgIpc) is 3.54. The molecule has 0 atom stereocenters. The minimum atomic E-state index is 0.580. The van der Waals surface area contributed by atoms with Crippen molar-refractivity contribution in [2.45, 2.75) is 26.2 Å². The van der Waals surface area contributed by atoms with Gasteiger partial charge in [0.15, 0.2) is 0 Å². The van der Waals surface area contributed by atoms with Crippen molar-refractivity contribution < 1.29 is 4.42 Å². The van der Waals surface area contributed by atoms with Gasteiger partial charge < -0.3 is 4.42 Å². The standard InChI is InChI=1S/C42H36N2O/c1-32-43-44-42(45-32)41-12-6-11-40(31-41)10-5-9-34-14-17-36(18-15-34)21-24-38-26-29-39(30-27-38)28-25-37-22-19-35(20-23-37)16-13-33-7-3-2-4-8-33/h2-4,6-8,11-31H,5,9-10H2,1H3. The molecule has 0 radical (unpaired) electrons. The molecule has 0 bridgehead atoms. The van der Waals surface area contributed by atoms with E-state index < -0.39 is 0 Å². The highest BCUT2D eigenvalue weighted by molar-refractivity contribution is 5.74. The van der Waals surface area contributed by atoms with Crippen LogP contribution in [0.3, 0.4) is 0 Å². The van der Waals surface area contributed by atoms with E-state index in [1.165, 1.54) is 44.5 Å². The fourth-order valence-electron chi connectivity index (χ4n) is 5.14. The molecule has 3 nitrogen and oxygen atoms in total. The average molecular weight is 585 g/mol. The smallest absolute Gasteiger partial charge is 0.247 e. The molecule has 1 heterocycles. The predicted octanol–water partition coefficient (Wildman–Crippen LogP) is 10.7. The zero-order valence-corrected chi connectivity index (χ0v) is 25.5.